The van der Waals surface area contributed by atoms with Gasteiger partial charge in [0.2, 0.25) is 5.91 Å². The fraction of sp³-hybridized carbons (Fsp3) is 0.500. The van der Waals surface area contributed by atoms with Crippen LogP contribution in [0.4, 0.5) is 0 Å². The van der Waals surface area contributed by atoms with Gasteiger partial charge in [0.1, 0.15) is 5.75 Å². The van der Waals surface area contributed by atoms with E-state index in [9.17, 15) is 9.59 Å². The lowest BCUT2D eigenvalue weighted by molar-refractivity contribution is -0.137. The fourth-order valence-corrected chi connectivity index (χ4v) is 2.39. The highest BCUT2D eigenvalue weighted by Crippen LogP contribution is 2.34. The van der Waals surface area contributed by atoms with Crippen molar-refractivity contribution in [2.45, 2.75) is 38.1 Å². The van der Waals surface area contributed by atoms with E-state index in [0.717, 1.165) is 24.2 Å². The van der Waals surface area contributed by atoms with E-state index < -0.39 is 5.97 Å². The topological polar surface area (TPSA) is 75.6 Å². The van der Waals surface area contributed by atoms with Crippen LogP contribution < -0.4 is 10.1 Å². The number of rotatable bonds is 8. The Morgan fingerprint density at radius 3 is 2.81 bits per heavy atom. The molecule has 1 aromatic carbocycles. The van der Waals surface area contributed by atoms with Crippen LogP contribution >= 0.6 is 0 Å². The Bertz CT molecular complexity index is 511. The molecule has 1 amide bonds. The number of carbonyl (C=O) groups is 2. The van der Waals surface area contributed by atoms with Gasteiger partial charge in [-0.3, -0.25) is 9.59 Å². The Labute approximate surface area is 124 Å². The number of carboxylic acids is 1. The van der Waals surface area contributed by atoms with Gasteiger partial charge in [-0.1, -0.05) is 12.1 Å². The number of aryl methyl sites for hydroxylation is 1. The van der Waals surface area contributed by atoms with Crippen molar-refractivity contribution in [3.63, 3.8) is 0 Å². The minimum absolute atomic E-state index is 0.00949. The molecule has 1 aliphatic carbocycles. The molecular weight excluding hydrogens is 270 g/mol. The molecule has 5 nitrogen and oxygen atoms in total. The van der Waals surface area contributed by atoms with E-state index in [0.29, 0.717) is 18.8 Å². The van der Waals surface area contributed by atoms with Gasteiger partial charge in [0.25, 0.3) is 0 Å². The van der Waals surface area contributed by atoms with Crippen LogP contribution in [0.5, 0.6) is 5.75 Å². The summed E-state index contributed by atoms with van der Waals surface area (Å²) in [6.45, 7) is 0. The van der Waals surface area contributed by atoms with E-state index in [1.165, 1.54) is 0 Å². The molecule has 1 fully saturated rings. The highest BCUT2D eigenvalue weighted by Gasteiger charge is 2.33. The van der Waals surface area contributed by atoms with Gasteiger partial charge in [-0.15, -0.1) is 0 Å². The summed E-state index contributed by atoms with van der Waals surface area (Å²) in [5.41, 5.74) is 1.03. The maximum absolute atomic E-state index is 12.0. The first-order chi connectivity index (χ1) is 10.1. The van der Waals surface area contributed by atoms with Crippen molar-refractivity contribution in [1.82, 2.24) is 5.32 Å². The van der Waals surface area contributed by atoms with Crippen LogP contribution in [0.3, 0.4) is 0 Å². The highest BCUT2D eigenvalue weighted by molar-refractivity contribution is 5.77. The van der Waals surface area contributed by atoms with Crippen LogP contribution in [-0.2, 0) is 16.0 Å². The number of aliphatic carboxylic acids is 1. The molecule has 0 aromatic heterocycles. The maximum atomic E-state index is 12.0. The molecule has 21 heavy (non-hydrogen) atoms. The largest absolute Gasteiger partial charge is 0.497 e. The van der Waals surface area contributed by atoms with Crippen LogP contribution in [0, 0.1) is 5.92 Å². The number of benzene rings is 1. The minimum Gasteiger partial charge on any atom is -0.497 e. The van der Waals surface area contributed by atoms with Crippen molar-refractivity contribution in [3.8, 4) is 5.75 Å². The van der Waals surface area contributed by atoms with Crippen LogP contribution in [0.15, 0.2) is 24.3 Å². The second kappa shape index (κ2) is 7.11. The number of ether oxygens (including phenoxy) is 1. The van der Waals surface area contributed by atoms with Gasteiger partial charge >= 0.3 is 5.97 Å². The second-order valence-electron chi connectivity index (χ2n) is 5.46. The van der Waals surface area contributed by atoms with Gasteiger partial charge in [-0.2, -0.15) is 0 Å². The molecule has 0 spiro atoms. The van der Waals surface area contributed by atoms with E-state index in [2.05, 4.69) is 5.32 Å². The minimum atomic E-state index is -0.861. The molecule has 1 aliphatic rings. The average molecular weight is 291 g/mol. The van der Waals surface area contributed by atoms with Gasteiger partial charge in [-0.25, -0.2) is 0 Å². The Morgan fingerprint density at radius 1 is 1.43 bits per heavy atom. The van der Waals surface area contributed by atoms with Crippen molar-refractivity contribution >= 4 is 11.9 Å². The zero-order valence-electron chi connectivity index (χ0n) is 12.2. The van der Waals surface area contributed by atoms with Crippen LogP contribution in [0.1, 0.15) is 31.2 Å². The third-order valence-corrected chi connectivity index (χ3v) is 3.71. The summed E-state index contributed by atoms with van der Waals surface area (Å²) in [5, 5.41) is 11.7. The molecule has 2 N–H and O–H groups in total. The molecule has 0 bridgehead atoms. The third kappa shape index (κ3) is 5.10. The predicted octanol–water partition coefficient (Wildman–Crippen LogP) is 2.00. The summed E-state index contributed by atoms with van der Waals surface area (Å²) in [6.07, 6.45) is 3.00. The molecule has 5 heteroatoms. The molecule has 1 atom stereocenters. The molecule has 0 saturated heterocycles. The van der Waals surface area contributed by atoms with Crippen molar-refractivity contribution in [3.05, 3.63) is 29.8 Å². The molecule has 1 unspecified atom stereocenters. The van der Waals surface area contributed by atoms with E-state index >= 15 is 0 Å². The first-order valence-corrected chi connectivity index (χ1v) is 7.22. The van der Waals surface area contributed by atoms with Crippen LogP contribution in [0.25, 0.3) is 0 Å². The van der Waals surface area contributed by atoms with Crippen molar-refractivity contribution < 1.29 is 19.4 Å². The van der Waals surface area contributed by atoms with E-state index in [1.54, 1.807) is 7.11 Å². The van der Waals surface area contributed by atoms with Gasteiger partial charge < -0.3 is 15.2 Å². The maximum Gasteiger partial charge on any atom is 0.305 e. The summed E-state index contributed by atoms with van der Waals surface area (Å²) < 4.78 is 5.14. The normalized spacial score (nSPS) is 15.3. The van der Waals surface area contributed by atoms with E-state index in [-0.39, 0.29) is 18.4 Å². The average Bonchev–Trinajstić information content (AvgIpc) is 3.29. The molecule has 1 saturated carbocycles. The number of carbonyl (C=O) groups excluding carboxylic acids is 1. The lowest BCUT2D eigenvalue weighted by Crippen LogP contribution is -2.38. The number of nitrogens with one attached hydrogen (secondary N) is 1. The summed E-state index contributed by atoms with van der Waals surface area (Å²) >= 11 is 0. The molecule has 114 valence electrons. The van der Waals surface area contributed by atoms with Crippen molar-refractivity contribution in [2.75, 3.05) is 7.11 Å². The highest BCUT2D eigenvalue weighted by atomic mass is 16.5. The zero-order valence-corrected chi connectivity index (χ0v) is 12.2. The van der Waals surface area contributed by atoms with Crippen LogP contribution in [-0.4, -0.2) is 30.1 Å². The number of hydrogen-bond donors (Lipinski definition) is 2. The molecule has 0 heterocycles. The van der Waals surface area contributed by atoms with E-state index in [4.69, 9.17) is 9.84 Å². The standard InChI is InChI=1S/C16H21NO4/c1-21-13-4-2-3-11(9-13)5-8-15(18)17-14(10-16(19)20)12-6-7-12/h2-4,9,12,14H,5-8,10H2,1H3,(H,17,18)(H,19,20). The number of amides is 1. The third-order valence-electron chi connectivity index (χ3n) is 3.71. The summed E-state index contributed by atoms with van der Waals surface area (Å²) in [6, 6.07) is 7.39. The first kappa shape index (κ1) is 15.4. The molecule has 0 aliphatic heterocycles. The Morgan fingerprint density at radius 2 is 2.19 bits per heavy atom. The van der Waals surface area contributed by atoms with E-state index in [1.807, 2.05) is 24.3 Å². The van der Waals surface area contributed by atoms with Gasteiger partial charge in [0, 0.05) is 12.5 Å². The Hall–Kier alpha value is -2.04. The predicted molar refractivity (Wildman–Crippen MR) is 78.2 cm³/mol. The molecular formula is C16H21NO4. The lowest BCUT2D eigenvalue weighted by atomic mass is 10.1. The first-order valence-electron chi connectivity index (χ1n) is 7.22. The summed E-state index contributed by atoms with van der Waals surface area (Å²) in [7, 11) is 1.61. The Balaban J connectivity index is 1.81. The molecule has 1 aromatic rings. The molecule has 0 radical (unpaired) electrons. The smallest absolute Gasteiger partial charge is 0.305 e. The quantitative estimate of drug-likeness (QED) is 0.768. The van der Waals surface area contributed by atoms with Gasteiger partial charge in [-0.05, 0) is 42.9 Å². The number of hydrogen-bond acceptors (Lipinski definition) is 3. The van der Waals surface area contributed by atoms with Crippen molar-refractivity contribution in [1.29, 1.82) is 0 Å². The summed E-state index contributed by atoms with van der Waals surface area (Å²) in [5.74, 6) is 0.160. The van der Waals surface area contributed by atoms with Gasteiger partial charge in [0.15, 0.2) is 0 Å². The van der Waals surface area contributed by atoms with Gasteiger partial charge in [0.05, 0.1) is 13.5 Å². The monoisotopic (exact) mass is 291 g/mol. The van der Waals surface area contributed by atoms with Crippen LogP contribution in [0.2, 0.25) is 0 Å². The zero-order chi connectivity index (χ0) is 15.2. The Kier molecular flexibility index (Phi) is 5.20. The molecule has 2 rings (SSSR count). The number of methoxy groups -OCH3 is 1. The lowest BCUT2D eigenvalue weighted by Gasteiger charge is -2.16. The SMILES string of the molecule is COc1cccc(CCC(=O)NC(CC(=O)O)C2CC2)c1. The second-order valence-corrected chi connectivity index (χ2v) is 5.46. The van der Waals surface area contributed by atoms with Crippen molar-refractivity contribution in [2.24, 2.45) is 5.92 Å². The number of carboxylic acid groups (broad SMARTS) is 1. The summed E-state index contributed by atoms with van der Waals surface area (Å²) in [4.78, 5) is 22.8. The fourth-order valence-electron chi connectivity index (χ4n) is 2.39.